The zero-order valence-corrected chi connectivity index (χ0v) is 13.4. The molecule has 0 aliphatic carbocycles. The van der Waals surface area contributed by atoms with Crippen LogP contribution < -0.4 is 4.74 Å². The van der Waals surface area contributed by atoms with Crippen LogP contribution in [0.1, 0.15) is 50.1 Å². The second-order valence-electron chi connectivity index (χ2n) is 5.51. The molecule has 0 saturated heterocycles. The average molecular weight is 298 g/mol. The minimum atomic E-state index is 0.229. The van der Waals surface area contributed by atoms with Crippen LogP contribution in [0.4, 0.5) is 0 Å². The summed E-state index contributed by atoms with van der Waals surface area (Å²) in [4.78, 5) is 0. The lowest BCUT2D eigenvalue weighted by Gasteiger charge is -2.10. The van der Waals surface area contributed by atoms with Gasteiger partial charge in [-0.3, -0.25) is 0 Å². The van der Waals surface area contributed by atoms with Gasteiger partial charge in [0.15, 0.2) is 5.69 Å². The molecule has 1 aromatic carbocycles. The van der Waals surface area contributed by atoms with Crippen molar-refractivity contribution in [1.29, 1.82) is 5.26 Å². The largest absolute Gasteiger partial charge is 0.494 e. The lowest BCUT2D eigenvalue weighted by molar-refractivity contribution is 0.296. The summed E-state index contributed by atoms with van der Waals surface area (Å²) in [6.07, 6.45) is 1.86. The summed E-state index contributed by atoms with van der Waals surface area (Å²) in [7, 11) is 0. The molecule has 116 valence electrons. The lowest BCUT2D eigenvalue weighted by atomic mass is 10.1. The molecule has 0 atom stereocenters. The number of hydrogen-bond acceptors (Lipinski definition) is 4. The molecule has 0 amide bonds. The van der Waals surface area contributed by atoms with Crippen LogP contribution in [0.3, 0.4) is 0 Å². The normalized spacial score (nSPS) is 10.7. The van der Waals surface area contributed by atoms with Gasteiger partial charge in [0.05, 0.1) is 12.3 Å². The molecule has 0 aliphatic rings. The number of nitrogens with zero attached hydrogens (tertiary/aromatic N) is 4. The van der Waals surface area contributed by atoms with Gasteiger partial charge in [-0.1, -0.05) is 38.1 Å². The van der Waals surface area contributed by atoms with Gasteiger partial charge in [-0.15, -0.1) is 5.10 Å². The Hall–Kier alpha value is -2.35. The van der Waals surface area contributed by atoms with E-state index >= 15 is 0 Å². The standard InChI is InChI=1S/C17H22N4O/c1-4-14-6-8-15(9-7-14)22-11-5-10-21-17(13(2)3)16(12-18)19-20-21/h6-9,13H,4-5,10-11H2,1-3H3. The number of ether oxygens (including phenoxy) is 1. The first kappa shape index (κ1) is 16.0. The summed E-state index contributed by atoms with van der Waals surface area (Å²) in [5.41, 5.74) is 2.63. The highest BCUT2D eigenvalue weighted by molar-refractivity contribution is 5.27. The van der Waals surface area contributed by atoms with Crippen LogP contribution in [0, 0.1) is 11.3 Å². The molecular formula is C17H22N4O. The molecule has 0 spiro atoms. The Morgan fingerprint density at radius 3 is 2.59 bits per heavy atom. The molecule has 0 fully saturated rings. The highest BCUT2D eigenvalue weighted by Gasteiger charge is 2.15. The quantitative estimate of drug-likeness (QED) is 0.736. The van der Waals surface area contributed by atoms with Crippen molar-refractivity contribution < 1.29 is 4.74 Å². The predicted octanol–water partition coefficient (Wildman–Crippen LogP) is 3.30. The van der Waals surface area contributed by atoms with E-state index < -0.39 is 0 Å². The van der Waals surface area contributed by atoms with Crippen LogP contribution in [-0.2, 0) is 13.0 Å². The van der Waals surface area contributed by atoms with Gasteiger partial charge in [0, 0.05) is 13.0 Å². The van der Waals surface area contributed by atoms with Gasteiger partial charge < -0.3 is 4.74 Å². The van der Waals surface area contributed by atoms with Crippen molar-refractivity contribution in [2.75, 3.05) is 6.61 Å². The maximum atomic E-state index is 9.05. The summed E-state index contributed by atoms with van der Waals surface area (Å²) < 4.78 is 7.55. The molecule has 1 heterocycles. The second-order valence-corrected chi connectivity index (χ2v) is 5.51. The third kappa shape index (κ3) is 3.85. The molecule has 1 aromatic heterocycles. The second kappa shape index (κ2) is 7.60. The topological polar surface area (TPSA) is 63.7 Å². The lowest BCUT2D eigenvalue weighted by Crippen LogP contribution is -2.10. The fourth-order valence-electron chi connectivity index (χ4n) is 2.36. The molecule has 0 aliphatic heterocycles. The highest BCUT2D eigenvalue weighted by atomic mass is 16.5. The van der Waals surface area contributed by atoms with Crippen molar-refractivity contribution in [3.8, 4) is 11.8 Å². The van der Waals surface area contributed by atoms with Gasteiger partial charge in [-0.25, -0.2) is 4.68 Å². The fraction of sp³-hybridized carbons (Fsp3) is 0.471. The molecule has 2 rings (SSSR count). The average Bonchev–Trinajstić information content (AvgIpc) is 2.95. The van der Waals surface area contributed by atoms with Crippen LogP contribution in [0.5, 0.6) is 5.75 Å². The van der Waals surface area contributed by atoms with Gasteiger partial charge >= 0.3 is 0 Å². The van der Waals surface area contributed by atoms with Crippen LogP contribution in [0.15, 0.2) is 24.3 Å². The third-order valence-electron chi connectivity index (χ3n) is 3.54. The predicted molar refractivity (Wildman–Crippen MR) is 84.8 cm³/mol. The molecule has 0 N–H and O–H groups in total. The minimum absolute atomic E-state index is 0.229. The van der Waals surface area contributed by atoms with Crippen molar-refractivity contribution in [1.82, 2.24) is 15.0 Å². The number of hydrogen-bond donors (Lipinski definition) is 0. The molecular weight excluding hydrogens is 276 g/mol. The SMILES string of the molecule is CCc1ccc(OCCCn2nnc(C#N)c2C(C)C)cc1. The Bertz CT molecular complexity index is 638. The molecule has 5 nitrogen and oxygen atoms in total. The first-order valence-corrected chi connectivity index (χ1v) is 7.71. The molecule has 0 radical (unpaired) electrons. The summed E-state index contributed by atoms with van der Waals surface area (Å²) in [6.45, 7) is 7.54. The van der Waals surface area contributed by atoms with E-state index in [1.165, 1.54) is 5.56 Å². The fourth-order valence-corrected chi connectivity index (χ4v) is 2.36. The summed E-state index contributed by atoms with van der Waals surface area (Å²) >= 11 is 0. The Morgan fingerprint density at radius 1 is 1.27 bits per heavy atom. The Balaban J connectivity index is 1.86. The van der Waals surface area contributed by atoms with Gasteiger partial charge in [0.2, 0.25) is 0 Å². The summed E-state index contributed by atoms with van der Waals surface area (Å²) in [6, 6.07) is 10.3. The molecule has 0 unspecified atom stereocenters. The molecule has 5 heteroatoms. The number of aromatic nitrogens is 3. The van der Waals surface area contributed by atoms with E-state index in [1.54, 1.807) is 0 Å². The van der Waals surface area contributed by atoms with E-state index in [2.05, 4.69) is 35.4 Å². The van der Waals surface area contributed by atoms with Gasteiger partial charge in [-0.2, -0.15) is 5.26 Å². The van der Waals surface area contributed by atoms with Crippen molar-refractivity contribution in [2.45, 2.75) is 46.1 Å². The van der Waals surface area contributed by atoms with E-state index in [-0.39, 0.29) is 5.92 Å². The van der Waals surface area contributed by atoms with Crippen molar-refractivity contribution >= 4 is 0 Å². The van der Waals surface area contributed by atoms with Crippen LogP contribution >= 0.6 is 0 Å². The van der Waals surface area contributed by atoms with Gasteiger partial charge in [0.25, 0.3) is 0 Å². The maximum Gasteiger partial charge on any atom is 0.186 e. The highest BCUT2D eigenvalue weighted by Crippen LogP contribution is 2.17. The first-order chi connectivity index (χ1) is 10.7. The van der Waals surface area contributed by atoms with Crippen molar-refractivity contribution in [3.63, 3.8) is 0 Å². The zero-order valence-electron chi connectivity index (χ0n) is 13.4. The third-order valence-corrected chi connectivity index (χ3v) is 3.54. The summed E-state index contributed by atoms with van der Waals surface area (Å²) in [5, 5.41) is 17.0. The van der Waals surface area contributed by atoms with Crippen LogP contribution in [0.25, 0.3) is 0 Å². The smallest absolute Gasteiger partial charge is 0.186 e. The Labute approximate surface area is 131 Å². The van der Waals surface area contributed by atoms with E-state index in [0.717, 1.165) is 24.3 Å². The monoisotopic (exact) mass is 298 g/mol. The van der Waals surface area contributed by atoms with Crippen molar-refractivity contribution in [2.24, 2.45) is 0 Å². The first-order valence-electron chi connectivity index (χ1n) is 7.71. The van der Waals surface area contributed by atoms with E-state index in [1.807, 2.05) is 30.7 Å². The van der Waals surface area contributed by atoms with Gasteiger partial charge in [0.1, 0.15) is 11.8 Å². The molecule has 0 saturated carbocycles. The number of nitriles is 1. The Kier molecular flexibility index (Phi) is 5.54. The number of rotatable bonds is 7. The summed E-state index contributed by atoms with van der Waals surface area (Å²) in [5.74, 6) is 1.12. The minimum Gasteiger partial charge on any atom is -0.494 e. The number of benzene rings is 1. The van der Waals surface area contributed by atoms with Crippen LogP contribution in [0.2, 0.25) is 0 Å². The molecule has 2 aromatic rings. The van der Waals surface area contributed by atoms with E-state index in [4.69, 9.17) is 10.00 Å². The zero-order chi connectivity index (χ0) is 15.9. The van der Waals surface area contributed by atoms with Crippen molar-refractivity contribution in [3.05, 3.63) is 41.2 Å². The Morgan fingerprint density at radius 2 is 2.00 bits per heavy atom. The molecule has 0 bridgehead atoms. The number of aryl methyl sites for hydroxylation is 2. The van der Waals surface area contributed by atoms with Crippen LogP contribution in [-0.4, -0.2) is 21.6 Å². The van der Waals surface area contributed by atoms with Gasteiger partial charge in [-0.05, 0) is 30.0 Å². The van der Waals surface area contributed by atoms with E-state index in [9.17, 15) is 0 Å². The van der Waals surface area contributed by atoms with E-state index in [0.29, 0.717) is 18.8 Å². The maximum absolute atomic E-state index is 9.05. The molecule has 22 heavy (non-hydrogen) atoms.